The highest BCUT2D eigenvalue weighted by Gasteiger charge is 2.41. The van der Waals surface area contributed by atoms with Gasteiger partial charge in [-0.3, -0.25) is 0 Å². The number of halogens is 5. The van der Waals surface area contributed by atoms with Crippen molar-refractivity contribution in [1.29, 1.82) is 0 Å². The number of alkyl halides is 3. The maximum Gasteiger partial charge on any atom is 0.414 e. The highest BCUT2D eigenvalue weighted by molar-refractivity contribution is 6.35. The smallest absolute Gasteiger partial charge is 0.362 e. The van der Waals surface area contributed by atoms with Crippen LogP contribution in [0.15, 0.2) is 18.2 Å². The number of ether oxygens (including phenoxy) is 1. The van der Waals surface area contributed by atoms with Gasteiger partial charge < -0.3 is 15.0 Å². The molecule has 2 rings (SSSR count). The van der Waals surface area contributed by atoms with Crippen LogP contribution in [-0.2, 0) is 4.74 Å². The standard InChI is InChI=1S/C13H13Cl2F3N2O2/c1-7(13(16,17)18)22-11-5-20(6-11)12(21)19-10-3-8(14)2-9(15)4-10/h2-4,7,11H,5-6H2,1H3,(H,19,21). The van der Waals surface area contributed by atoms with E-state index in [4.69, 9.17) is 27.9 Å². The number of nitrogens with zero attached hydrogens (tertiary/aromatic N) is 1. The van der Waals surface area contributed by atoms with Crippen LogP contribution in [0.5, 0.6) is 0 Å². The molecule has 0 aromatic heterocycles. The lowest BCUT2D eigenvalue weighted by atomic mass is 10.2. The van der Waals surface area contributed by atoms with E-state index < -0.39 is 24.4 Å². The summed E-state index contributed by atoms with van der Waals surface area (Å²) >= 11 is 11.6. The number of nitrogens with one attached hydrogen (secondary N) is 1. The lowest BCUT2D eigenvalue weighted by molar-refractivity contribution is -0.236. The Morgan fingerprint density at radius 1 is 1.32 bits per heavy atom. The minimum absolute atomic E-state index is 0.0978. The number of amides is 2. The lowest BCUT2D eigenvalue weighted by Crippen LogP contribution is -2.57. The Balaban J connectivity index is 1.82. The Hall–Kier alpha value is -1.18. The molecule has 1 fully saturated rings. The Morgan fingerprint density at radius 2 is 1.86 bits per heavy atom. The summed E-state index contributed by atoms with van der Waals surface area (Å²) in [4.78, 5) is 13.2. The first-order valence-corrected chi connectivity index (χ1v) is 7.15. The van der Waals surface area contributed by atoms with Crippen molar-refractivity contribution < 1.29 is 22.7 Å². The van der Waals surface area contributed by atoms with Gasteiger partial charge in [0, 0.05) is 15.7 Å². The zero-order valence-electron chi connectivity index (χ0n) is 11.5. The van der Waals surface area contributed by atoms with Gasteiger partial charge in [-0.25, -0.2) is 4.79 Å². The van der Waals surface area contributed by atoms with E-state index in [9.17, 15) is 18.0 Å². The summed E-state index contributed by atoms with van der Waals surface area (Å²) in [6, 6.07) is 4.11. The van der Waals surface area contributed by atoms with Crippen LogP contribution >= 0.6 is 23.2 Å². The molecule has 1 aromatic carbocycles. The van der Waals surface area contributed by atoms with Crippen molar-refractivity contribution >= 4 is 34.9 Å². The van der Waals surface area contributed by atoms with E-state index in [0.29, 0.717) is 15.7 Å². The molecule has 1 aliphatic rings. The zero-order valence-corrected chi connectivity index (χ0v) is 13.0. The molecule has 0 spiro atoms. The summed E-state index contributed by atoms with van der Waals surface area (Å²) in [5.74, 6) is 0. The first-order valence-electron chi connectivity index (χ1n) is 6.39. The Labute approximate surface area is 135 Å². The molecule has 1 heterocycles. The van der Waals surface area contributed by atoms with Crippen molar-refractivity contribution in [3.05, 3.63) is 28.2 Å². The van der Waals surface area contributed by atoms with E-state index in [2.05, 4.69) is 5.32 Å². The Morgan fingerprint density at radius 3 is 2.36 bits per heavy atom. The van der Waals surface area contributed by atoms with Gasteiger partial charge in [0.2, 0.25) is 0 Å². The number of hydrogen-bond acceptors (Lipinski definition) is 2. The van der Waals surface area contributed by atoms with Gasteiger partial charge >= 0.3 is 12.2 Å². The first-order chi connectivity index (χ1) is 10.1. The maximum absolute atomic E-state index is 12.3. The minimum Gasteiger partial charge on any atom is -0.362 e. The first kappa shape index (κ1) is 17.2. The third kappa shape index (κ3) is 4.41. The predicted octanol–water partition coefficient (Wildman–Crippen LogP) is 4.18. The summed E-state index contributed by atoms with van der Waals surface area (Å²) in [5.41, 5.74) is 0.413. The van der Waals surface area contributed by atoms with Crippen molar-refractivity contribution in [3.8, 4) is 0 Å². The molecule has 0 bridgehead atoms. The van der Waals surface area contributed by atoms with Crippen LogP contribution in [0.1, 0.15) is 6.92 Å². The fraction of sp³-hybridized carbons (Fsp3) is 0.462. The van der Waals surface area contributed by atoms with Crippen LogP contribution < -0.4 is 5.32 Å². The highest BCUT2D eigenvalue weighted by Crippen LogP contribution is 2.27. The molecule has 9 heteroatoms. The fourth-order valence-electron chi connectivity index (χ4n) is 1.88. The topological polar surface area (TPSA) is 41.6 Å². The van der Waals surface area contributed by atoms with Gasteiger partial charge in [0.15, 0.2) is 6.10 Å². The molecular formula is C13H13Cl2F3N2O2. The van der Waals surface area contributed by atoms with Crippen molar-refractivity contribution in [2.45, 2.75) is 25.3 Å². The second-order valence-electron chi connectivity index (χ2n) is 4.94. The number of hydrogen-bond donors (Lipinski definition) is 1. The molecule has 1 unspecified atom stereocenters. The third-order valence-corrected chi connectivity index (χ3v) is 3.54. The molecule has 2 amide bonds. The van der Waals surface area contributed by atoms with E-state index in [0.717, 1.165) is 6.92 Å². The van der Waals surface area contributed by atoms with Crippen LogP contribution in [0.4, 0.5) is 23.7 Å². The van der Waals surface area contributed by atoms with E-state index in [1.165, 1.54) is 23.1 Å². The second-order valence-corrected chi connectivity index (χ2v) is 5.81. The van der Waals surface area contributed by atoms with Crippen molar-refractivity contribution in [2.24, 2.45) is 0 Å². The number of urea groups is 1. The number of benzene rings is 1. The third-order valence-electron chi connectivity index (χ3n) is 3.11. The molecular weight excluding hydrogens is 344 g/mol. The molecule has 0 aliphatic carbocycles. The van der Waals surface area contributed by atoms with E-state index in [-0.39, 0.29) is 13.1 Å². The average Bonchev–Trinajstić information content (AvgIpc) is 2.29. The number of carbonyl (C=O) groups is 1. The molecule has 4 nitrogen and oxygen atoms in total. The van der Waals surface area contributed by atoms with Crippen LogP contribution in [0.25, 0.3) is 0 Å². The molecule has 1 aliphatic heterocycles. The summed E-state index contributed by atoms with van der Waals surface area (Å²) in [6.07, 6.45) is -6.87. The van der Waals surface area contributed by atoms with Gasteiger partial charge in [-0.05, 0) is 25.1 Å². The van der Waals surface area contributed by atoms with Crippen LogP contribution in [0, 0.1) is 0 Å². The normalized spacial score (nSPS) is 17.1. The molecule has 1 N–H and O–H groups in total. The Kier molecular flexibility index (Phi) is 5.09. The van der Waals surface area contributed by atoms with Gasteiger partial charge in [0.05, 0.1) is 19.2 Å². The molecule has 22 heavy (non-hydrogen) atoms. The van der Waals surface area contributed by atoms with Crippen molar-refractivity contribution in [2.75, 3.05) is 18.4 Å². The number of likely N-dealkylation sites (tertiary alicyclic amines) is 1. The molecule has 1 atom stereocenters. The largest absolute Gasteiger partial charge is 0.414 e. The Bertz CT molecular complexity index is 542. The quantitative estimate of drug-likeness (QED) is 0.882. The average molecular weight is 357 g/mol. The summed E-state index contributed by atoms with van der Waals surface area (Å²) < 4.78 is 41.9. The molecule has 1 aromatic rings. The number of carbonyl (C=O) groups excluding carboxylic acids is 1. The summed E-state index contributed by atoms with van der Waals surface area (Å²) in [6.45, 7) is 1.14. The molecule has 122 valence electrons. The minimum atomic E-state index is -4.40. The van der Waals surface area contributed by atoms with Gasteiger partial charge in [0.25, 0.3) is 0 Å². The van der Waals surface area contributed by atoms with Crippen LogP contribution in [0.2, 0.25) is 10.0 Å². The second kappa shape index (κ2) is 6.52. The van der Waals surface area contributed by atoms with Gasteiger partial charge in [-0.2, -0.15) is 13.2 Å². The number of rotatable bonds is 3. The van der Waals surface area contributed by atoms with E-state index in [1.807, 2.05) is 0 Å². The molecule has 1 saturated heterocycles. The summed E-state index contributed by atoms with van der Waals surface area (Å²) in [5, 5.41) is 3.30. The monoisotopic (exact) mass is 356 g/mol. The van der Waals surface area contributed by atoms with E-state index in [1.54, 1.807) is 0 Å². The van der Waals surface area contributed by atoms with Gasteiger partial charge in [-0.15, -0.1) is 0 Å². The molecule has 0 radical (unpaired) electrons. The van der Waals surface area contributed by atoms with Crippen LogP contribution in [-0.4, -0.2) is 42.4 Å². The highest BCUT2D eigenvalue weighted by atomic mass is 35.5. The fourth-order valence-corrected chi connectivity index (χ4v) is 2.41. The van der Waals surface area contributed by atoms with E-state index >= 15 is 0 Å². The van der Waals surface area contributed by atoms with Gasteiger partial charge in [0.1, 0.15) is 0 Å². The lowest BCUT2D eigenvalue weighted by Gasteiger charge is -2.40. The van der Waals surface area contributed by atoms with Crippen molar-refractivity contribution in [1.82, 2.24) is 4.90 Å². The van der Waals surface area contributed by atoms with Crippen molar-refractivity contribution in [3.63, 3.8) is 0 Å². The molecule has 0 saturated carbocycles. The van der Waals surface area contributed by atoms with Gasteiger partial charge in [-0.1, -0.05) is 23.2 Å². The SMILES string of the molecule is CC(OC1CN(C(=O)Nc2cc(Cl)cc(Cl)c2)C1)C(F)(F)F. The summed E-state index contributed by atoms with van der Waals surface area (Å²) in [7, 11) is 0. The number of anilines is 1. The predicted molar refractivity (Wildman–Crippen MR) is 77.4 cm³/mol. The van der Waals surface area contributed by atoms with Crippen LogP contribution in [0.3, 0.4) is 0 Å². The maximum atomic E-state index is 12.3. The zero-order chi connectivity index (χ0) is 16.5.